The Balaban J connectivity index is 1.90. The number of phosphoric ester groups is 2. The summed E-state index contributed by atoms with van der Waals surface area (Å²) in [5, 5.41) is 31.3. The molecule has 3 unspecified atom stereocenters. The summed E-state index contributed by atoms with van der Waals surface area (Å²) in [4.78, 5) is 61.8. The van der Waals surface area contributed by atoms with Crippen molar-refractivity contribution in [3.8, 4) is 0 Å². The molecule has 2 rings (SSSR count). The Labute approximate surface area is 418 Å². The minimum atomic E-state index is -5.49. The third kappa shape index (κ3) is 30.3. The first-order chi connectivity index (χ1) is 34.1. The highest BCUT2D eigenvalue weighted by Gasteiger charge is 2.46. The quantitative estimate of drug-likeness (QED) is 0.0119. The van der Waals surface area contributed by atoms with E-state index in [9.17, 15) is 48.6 Å². The largest absolute Gasteiger partial charge is 0.481 e. The highest BCUT2D eigenvalue weighted by atomic mass is 31.3. The van der Waals surface area contributed by atoms with Crippen LogP contribution in [0.4, 0.5) is 5.82 Å². The molecule has 71 heavy (non-hydrogen) atoms. The van der Waals surface area contributed by atoms with Gasteiger partial charge in [-0.15, -0.1) is 0 Å². The molecule has 0 amide bonds. The van der Waals surface area contributed by atoms with E-state index in [1.165, 1.54) is 25.3 Å². The molecule has 2 heterocycles. The second-order valence-corrected chi connectivity index (χ2v) is 19.5. The average molecular weight is 1040 g/mol. The molecule has 0 radical (unpaired) electrons. The molecule has 21 heteroatoms. The number of hydrogen-bond acceptors (Lipinski definition) is 16. The minimum Gasteiger partial charge on any atom is -0.462 e. The first kappa shape index (κ1) is 62.8. The number of ether oxygens (including phenoxy) is 3. The van der Waals surface area contributed by atoms with Gasteiger partial charge in [0.15, 0.2) is 12.3 Å². The first-order valence-electron chi connectivity index (χ1n) is 24.4. The summed E-state index contributed by atoms with van der Waals surface area (Å²) in [5.74, 6) is -1.57. The van der Waals surface area contributed by atoms with Crippen molar-refractivity contribution in [1.82, 2.24) is 9.55 Å². The number of nitrogens with two attached hydrogens (primary N) is 1. The van der Waals surface area contributed by atoms with E-state index in [-0.39, 0.29) is 31.5 Å². The summed E-state index contributed by atoms with van der Waals surface area (Å²) < 4.78 is 56.5. The van der Waals surface area contributed by atoms with Crippen LogP contribution in [0.15, 0.2) is 114 Å². The second kappa shape index (κ2) is 37.4. The lowest BCUT2D eigenvalue weighted by Crippen LogP contribution is -2.36. The highest BCUT2D eigenvalue weighted by molar-refractivity contribution is 7.61. The van der Waals surface area contributed by atoms with E-state index in [4.69, 9.17) is 29.0 Å². The number of hydrogen-bond donors (Lipinski definition) is 6. The van der Waals surface area contributed by atoms with Crippen LogP contribution in [0, 0.1) is 0 Å². The van der Waals surface area contributed by atoms with Crippen LogP contribution < -0.4 is 11.4 Å². The maximum atomic E-state index is 12.9. The van der Waals surface area contributed by atoms with Crippen molar-refractivity contribution in [3.63, 3.8) is 0 Å². The fourth-order valence-corrected chi connectivity index (χ4v) is 8.57. The van der Waals surface area contributed by atoms with Crippen molar-refractivity contribution >= 4 is 33.4 Å². The highest BCUT2D eigenvalue weighted by Crippen LogP contribution is 2.60. The minimum absolute atomic E-state index is 0.0314. The third-order valence-electron chi connectivity index (χ3n) is 10.3. The van der Waals surface area contributed by atoms with Crippen molar-refractivity contribution in [2.45, 2.75) is 160 Å². The van der Waals surface area contributed by atoms with Gasteiger partial charge in [-0.05, 0) is 89.5 Å². The topological polar surface area (TPSA) is 286 Å². The molecular weight excluding hydrogens is 961 g/mol. The predicted octanol–water partition coefficient (Wildman–Crippen LogP) is 8.63. The molecule has 0 aliphatic carbocycles. The number of phosphoric acid groups is 2. The van der Waals surface area contributed by atoms with Crippen LogP contribution in [0.3, 0.4) is 0 Å². The number of aliphatic hydroxyl groups is 3. The number of allylic oxidation sites excluding steroid dienone is 15. The van der Waals surface area contributed by atoms with Crippen LogP contribution in [-0.2, 0) is 46.3 Å². The lowest BCUT2D eigenvalue weighted by molar-refractivity contribution is -0.161. The number of nitrogen functional groups attached to an aromatic ring is 1. The summed E-state index contributed by atoms with van der Waals surface area (Å²) in [6.07, 6.45) is 36.7. The molecule has 8 atom stereocenters. The monoisotopic (exact) mass is 1040 g/mol. The van der Waals surface area contributed by atoms with Crippen molar-refractivity contribution in [2.24, 2.45) is 0 Å². The fraction of sp³-hybridized carbons (Fsp3) is 0.560. The Morgan fingerprint density at radius 2 is 1.34 bits per heavy atom. The molecule has 1 aliphatic rings. The van der Waals surface area contributed by atoms with Crippen molar-refractivity contribution in [2.75, 3.05) is 25.6 Å². The van der Waals surface area contributed by atoms with Gasteiger partial charge in [0, 0.05) is 19.0 Å². The van der Waals surface area contributed by atoms with Gasteiger partial charge in [-0.2, -0.15) is 9.29 Å². The molecule has 19 nitrogen and oxygen atoms in total. The zero-order chi connectivity index (χ0) is 52.2. The molecule has 1 fully saturated rings. The Bertz CT molecular complexity index is 2080. The number of unbranched alkanes of at least 4 members (excludes halogenated alkanes) is 5. The predicted molar refractivity (Wildman–Crippen MR) is 271 cm³/mol. The van der Waals surface area contributed by atoms with E-state index in [0.717, 1.165) is 62.1 Å². The van der Waals surface area contributed by atoms with Gasteiger partial charge in [0.2, 0.25) is 0 Å². The summed E-state index contributed by atoms with van der Waals surface area (Å²) in [5.41, 5.74) is 4.56. The molecule has 0 spiro atoms. The number of anilines is 1. The van der Waals surface area contributed by atoms with Gasteiger partial charge < -0.3 is 45.1 Å². The van der Waals surface area contributed by atoms with E-state index >= 15 is 0 Å². The van der Waals surface area contributed by atoms with Gasteiger partial charge in [0.1, 0.15) is 30.7 Å². The lowest BCUT2D eigenvalue weighted by Gasteiger charge is -2.21. The van der Waals surface area contributed by atoms with Gasteiger partial charge in [-0.25, -0.2) is 13.9 Å². The molecule has 7 N–H and O–H groups in total. The number of carbonyl (C=O) groups is 2. The van der Waals surface area contributed by atoms with Crippen LogP contribution >= 0.6 is 15.6 Å². The number of esters is 2. The number of carbonyl (C=O) groups excluding carboxylic acids is 2. The Morgan fingerprint density at radius 3 is 1.96 bits per heavy atom. The summed E-state index contributed by atoms with van der Waals surface area (Å²) in [7, 11) is -11.0. The van der Waals surface area contributed by atoms with Crippen LogP contribution in [0.2, 0.25) is 0 Å². The molecule has 1 aliphatic heterocycles. The van der Waals surface area contributed by atoms with Crippen molar-refractivity contribution < 1.29 is 71.4 Å². The molecule has 0 bridgehead atoms. The average Bonchev–Trinajstić information content (AvgIpc) is 3.60. The van der Waals surface area contributed by atoms with Crippen LogP contribution in [0.1, 0.15) is 129 Å². The Hall–Kier alpha value is -4.36. The van der Waals surface area contributed by atoms with E-state index < -0.39 is 89.8 Å². The Morgan fingerprint density at radius 1 is 0.761 bits per heavy atom. The van der Waals surface area contributed by atoms with E-state index in [0.29, 0.717) is 12.8 Å². The van der Waals surface area contributed by atoms with E-state index in [1.807, 2.05) is 18.2 Å². The maximum absolute atomic E-state index is 12.9. The molecule has 1 saturated heterocycles. The standard InChI is InChI=1S/C50H77N3O16P2/c1-3-5-7-9-11-13-15-17-18-20-22-24-26-28-30-34-45(55)64-38-42(67-46(56)35-31-33-41(54)32-29-27-25-23-21-19-16-14-12-10-8-6-4-2)39-65-70(60,61)69-71(62,63)66-40-43-47(57)48(58)49(68-43)53-37-36-44(51)52-50(53)59/h6,8,11-14,17-19,21-22,24-25,27,29,32,36-37,41-43,47-49,54,57-58H,3-5,7,9-10,15-16,20,23,26,28,30-31,33-35,38-40H2,1-2H3,(H,60,61)(H,62,63)(H2,51,52,59)/b8-6-,13-11-,14-12-,18-17-,21-19-,24-22-,27-25-,32-29+/t41?,42-,43-,47-,48-,49-/m1/s1. The molecule has 0 aromatic carbocycles. The van der Waals surface area contributed by atoms with Crippen molar-refractivity contribution in [3.05, 3.63) is 120 Å². The molecular formula is C50H77N3O16P2. The number of rotatable bonds is 38. The van der Waals surface area contributed by atoms with Crippen LogP contribution in [-0.4, -0.2) is 96.9 Å². The van der Waals surface area contributed by atoms with Gasteiger partial charge >= 0.3 is 33.3 Å². The fourth-order valence-electron chi connectivity index (χ4n) is 6.46. The van der Waals surface area contributed by atoms with E-state index in [2.05, 4.69) is 83.9 Å². The number of nitrogens with zero attached hydrogens (tertiary/aromatic N) is 2. The summed E-state index contributed by atoms with van der Waals surface area (Å²) in [6, 6.07) is 1.23. The van der Waals surface area contributed by atoms with Crippen LogP contribution in [0.5, 0.6) is 0 Å². The normalized spacial score (nSPS) is 20.4. The number of aromatic nitrogens is 2. The SMILES string of the molecule is CC/C=C\C/C=C\C/C=C\C/C=C\C=C\C(O)CCCC(=O)O[C@H](COC(=O)CCCC/C=C\C/C=C\C/C=C\CCCCC)COP(=O)(O)OP(=O)(O)OC[C@H]1O[C@@H](n2ccc(N)nc2=O)[C@H](O)[C@@H]1O. The lowest BCUT2D eigenvalue weighted by atomic mass is 10.1. The van der Waals surface area contributed by atoms with E-state index in [1.54, 1.807) is 18.2 Å². The molecule has 0 saturated carbocycles. The zero-order valence-corrected chi connectivity index (χ0v) is 42.9. The maximum Gasteiger partial charge on any atom is 0.481 e. The molecule has 1 aromatic rings. The first-order valence-corrected chi connectivity index (χ1v) is 27.3. The Kier molecular flexibility index (Phi) is 33.1. The zero-order valence-electron chi connectivity index (χ0n) is 41.1. The van der Waals surface area contributed by atoms with Crippen molar-refractivity contribution in [1.29, 1.82) is 0 Å². The third-order valence-corrected chi connectivity index (χ3v) is 12.9. The molecule has 1 aromatic heterocycles. The van der Waals surface area contributed by atoms with Gasteiger partial charge in [-0.3, -0.25) is 23.2 Å². The summed E-state index contributed by atoms with van der Waals surface area (Å²) in [6.45, 7) is 1.76. The van der Waals surface area contributed by atoms with Gasteiger partial charge in [0.05, 0.1) is 19.3 Å². The van der Waals surface area contributed by atoms with Crippen LogP contribution in [0.25, 0.3) is 0 Å². The number of aliphatic hydroxyl groups excluding tert-OH is 3. The molecule has 398 valence electrons. The summed E-state index contributed by atoms with van der Waals surface area (Å²) >= 11 is 0. The van der Waals surface area contributed by atoms with Gasteiger partial charge in [0.25, 0.3) is 0 Å². The smallest absolute Gasteiger partial charge is 0.462 e. The van der Waals surface area contributed by atoms with Gasteiger partial charge in [-0.1, -0.05) is 124 Å². The second-order valence-electron chi connectivity index (χ2n) is 16.4.